The van der Waals surface area contributed by atoms with Crippen molar-refractivity contribution in [3.8, 4) is 0 Å². The van der Waals surface area contributed by atoms with Crippen LogP contribution in [0.3, 0.4) is 0 Å². The van der Waals surface area contributed by atoms with Crippen LogP contribution in [0, 0.1) is 6.92 Å². The highest BCUT2D eigenvalue weighted by atomic mass is 14.9. The quantitative estimate of drug-likeness (QED) is 0.752. The van der Waals surface area contributed by atoms with Crippen LogP contribution < -0.4 is 5.32 Å². The summed E-state index contributed by atoms with van der Waals surface area (Å²) in [4.78, 5) is 0. The fourth-order valence-corrected chi connectivity index (χ4v) is 1.07. The zero-order valence-corrected chi connectivity index (χ0v) is 9.46. The van der Waals surface area contributed by atoms with Gasteiger partial charge in [-0.2, -0.15) is 0 Å². The SMILES string of the molecule is Cc1ccc(/C=C/NC(C)(C)C)cc1. The van der Waals surface area contributed by atoms with Crippen LogP contribution in [0.2, 0.25) is 0 Å². The molecule has 0 amide bonds. The maximum absolute atomic E-state index is 3.30. The number of hydrogen-bond acceptors (Lipinski definition) is 1. The van der Waals surface area contributed by atoms with Crippen molar-refractivity contribution in [1.82, 2.24) is 5.32 Å². The van der Waals surface area contributed by atoms with E-state index >= 15 is 0 Å². The maximum Gasteiger partial charge on any atom is 0.0283 e. The average molecular weight is 189 g/mol. The van der Waals surface area contributed by atoms with Crippen molar-refractivity contribution in [2.45, 2.75) is 33.2 Å². The molecular weight excluding hydrogens is 170 g/mol. The van der Waals surface area contributed by atoms with Gasteiger partial charge in [-0.15, -0.1) is 0 Å². The summed E-state index contributed by atoms with van der Waals surface area (Å²) in [5, 5.41) is 3.30. The highest BCUT2D eigenvalue weighted by molar-refractivity contribution is 5.49. The predicted octanol–water partition coefficient (Wildman–Crippen LogP) is 3.35. The molecule has 0 atom stereocenters. The third-order valence-corrected chi connectivity index (χ3v) is 1.87. The fraction of sp³-hybridized carbons (Fsp3) is 0.385. The van der Waals surface area contributed by atoms with Gasteiger partial charge in [0.05, 0.1) is 0 Å². The van der Waals surface area contributed by atoms with E-state index in [0.717, 1.165) is 0 Å². The van der Waals surface area contributed by atoms with E-state index in [1.54, 1.807) is 0 Å². The topological polar surface area (TPSA) is 12.0 Å². The lowest BCUT2D eigenvalue weighted by molar-refractivity contribution is 0.492. The lowest BCUT2D eigenvalue weighted by Crippen LogP contribution is -2.30. The highest BCUT2D eigenvalue weighted by Crippen LogP contribution is 2.05. The smallest absolute Gasteiger partial charge is 0.0283 e. The van der Waals surface area contributed by atoms with Crippen LogP contribution >= 0.6 is 0 Å². The molecule has 0 spiro atoms. The largest absolute Gasteiger partial charge is 0.386 e. The molecule has 0 aliphatic heterocycles. The van der Waals surface area contributed by atoms with E-state index in [9.17, 15) is 0 Å². The molecule has 14 heavy (non-hydrogen) atoms. The van der Waals surface area contributed by atoms with Crippen molar-refractivity contribution in [1.29, 1.82) is 0 Å². The molecule has 1 aromatic rings. The van der Waals surface area contributed by atoms with Gasteiger partial charge in [0.1, 0.15) is 0 Å². The molecule has 1 rings (SSSR count). The van der Waals surface area contributed by atoms with E-state index in [-0.39, 0.29) is 5.54 Å². The molecule has 0 saturated carbocycles. The predicted molar refractivity (Wildman–Crippen MR) is 63.1 cm³/mol. The molecule has 0 bridgehead atoms. The minimum absolute atomic E-state index is 0.140. The fourth-order valence-electron chi connectivity index (χ4n) is 1.07. The average Bonchev–Trinajstić information content (AvgIpc) is 2.06. The summed E-state index contributed by atoms with van der Waals surface area (Å²) in [6.07, 6.45) is 4.09. The van der Waals surface area contributed by atoms with Gasteiger partial charge in [-0.05, 0) is 45.5 Å². The van der Waals surface area contributed by atoms with Crippen LogP contribution in [0.4, 0.5) is 0 Å². The lowest BCUT2D eigenvalue weighted by atomic mass is 10.1. The van der Waals surface area contributed by atoms with Gasteiger partial charge in [-0.1, -0.05) is 29.8 Å². The van der Waals surface area contributed by atoms with Crippen LogP contribution in [0.5, 0.6) is 0 Å². The Hall–Kier alpha value is -1.24. The van der Waals surface area contributed by atoms with Gasteiger partial charge in [-0.3, -0.25) is 0 Å². The summed E-state index contributed by atoms with van der Waals surface area (Å²) >= 11 is 0. The van der Waals surface area contributed by atoms with Gasteiger partial charge in [0, 0.05) is 5.54 Å². The number of hydrogen-bond donors (Lipinski definition) is 1. The lowest BCUT2D eigenvalue weighted by Gasteiger charge is -2.18. The van der Waals surface area contributed by atoms with E-state index in [2.05, 4.69) is 63.4 Å². The van der Waals surface area contributed by atoms with Crippen molar-refractivity contribution < 1.29 is 0 Å². The second-order valence-corrected chi connectivity index (χ2v) is 4.64. The van der Waals surface area contributed by atoms with Crippen molar-refractivity contribution in [2.24, 2.45) is 0 Å². The number of aryl methyl sites for hydroxylation is 1. The summed E-state index contributed by atoms with van der Waals surface area (Å²) in [6.45, 7) is 8.53. The molecule has 76 valence electrons. The van der Waals surface area contributed by atoms with E-state index < -0.39 is 0 Å². The first-order valence-electron chi connectivity index (χ1n) is 4.98. The second-order valence-electron chi connectivity index (χ2n) is 4.64. The minimum atomic E-state index is 0.140. The van der Waals surface area contributed by atoms with Crippen molar-refractivity contribution in [2.75, 3.05) is 0 Å². The third kappa shape index (κ3) is 4.13. The van der Waals surface area contributed by atoms with E-state index in [1.807, 2.05) is 6.20 Å². The zero-order valence-electron chi connectivity index (χ0n) is 9.46. The molecule has 1 N–H and O–H groups in total. The molecule has 1 heteroatoms. The summed E-state index contributed by atoms with van der Waals surface area (Å²) in [6, 6.07) is 8.49. The Bertz CT molecular complexity index is 301. The molecule has 1 aromatic carbocycles. The minimum Gasteiger partial charge on any atom is -0.386 e. The first kappa shape index (κ1) is 10.8. The Kier molecular flexibility index (Phi) is 3.34. The molecule has 0 radical (unpaired) electrons. The third-order valence-electron chi connectivity index (χ3n) is 1.87. The number of benzene rings is 1. The summed E-state index contributed by atoms with van der Waals surface area (Å²) in [5.74, 6) is 0. The first-order valence-corrected chi connectivity index (χ1v) is 4.98. The molecular formula is C13H19N. The van der Waals surface area contributed by atoms with Gasteiger partial charge in [0.25, 0.3) is 0 Å². The molecule has 0 unspecified atom stereocenters. The van der Waals surface area contributed by atoms with Crippen molar-refractivity contribution in [3.63, 3.8) is 0 Å². The molecule has 0 fully saturated rings. The first-order chi connectivity index (χ1) is 6.47. The number of nitrogens with one attached hydrogen (secondary N) is 1. The Labute approximate surface area is 86.8 Å². The highest BCUT2D eigenvalue weighted by Gasteiger charge is 2.03. The van der Waals surface area contributed by atoms with E-state index in [1.165, 1.54) is 11.1 Å². The van der Waals surface area contributed by atoms with Gasteiger partial charge in [0.15, 0.2) is 0 Å². The van der Waals surface area contributed by atoms with Crippen molar-refractivity contribution >= 4 is 6.08 Å². The maximum atomic E-state index is 3.30. The normalized spacial score (nSPS) is 12.0. The molecule has 0 aliphatic carbocycles. The number of rotatable bonds is 2. The van der Waals surface area contributed by atoms with Crippen LogP contribution in [0.15, 0.2) is 30.5 Å². The van der Waals surface area contributed by atoms with Gasteiger partial charge < -0.3 is 5.32 Å². The Morgan fingerprint density at radius 3 is 2.14 bits per heavy atom. The summed E-state index contributed by atoms with van der Waals surface area (Å²) in [7, 11) is 0. The van der Waals surface area contributed by atoms with E-state index in [0.29, 0.717) is 0 Å². The Balaban J connectivity index is 2.57. The molecule has 0 saturated heterocycles. The standard InChI is InChI=1S/C13H19N/c1-11-5-7-12(8-6-11)9-10-14-13(2,3)4/h5-10,14H,1-4H3/b10-9+. The molecule has 0 heterocycles. The van der Waals surface area contributed by atoms with Crippen LogP contribution in [-0.2, 0) is 0 Å². The van der Waals surface area contributed by atoms with Crippen LogP contribution in [-0.4, -0.2) is 5.54 Å². The second kappa shape index (κ2) is 4.32. The van der Waals surface area contributed by atoms with E-state index in [4.69, 9.17) is 0 Å². The van der Waals surface area contributed by atoms with Gasteiger partial charge >= 0.3 is 0 Å². The van der Waals surface area contributed by atoms with Crippen LogP contribution in [0.1, 0.15) is 31.9 Å². The summed E-state index contributed by atoms with van der Waals surface area (Å²) < 4.78 is 0. The molecule has 0 aliphatic rings. The van der Waals surface area contributed by atoms with Gasteiger partial charge in [-0.25, -0.2) is 0 Å². The van der Waals surface area contributed by atoms with Crippen LogP contribution in [0.25, 0.3) is 6.08 Å². The summed E-state index contributed by atoms with van der Waals surface area (Å²) in [5.41, 5.74) is 2.67. The monoisotopic (exact) mass is 189 g/mol. The van der Waals surface area contributed by atoms with Gasteiger partial charge in [0.2, 0.25) is 0 Å². The van der Waals surface area contributed by atoms with Crippen molar-refractivity contribution in [3.05, 3.63) is 41.6 Å². The Morgan fingerprint density at radius 2 is 1.64 bits per heavy atom. The Morgan fingerprint density at radius 1 is 1.07 bits per heavy atom. The molecule has 0 aromatic heterocycles. The zero-order chi connectivity index (χ0) is 10.6. The molecule has 1 nitrogen and oxygen atoms in total.